The van der Waals surface area contributed by atoms with Crippen LogP contribution in [0, 0.1) is 0 Å². The van der Waals surface area contributed by atoms with Gasteiger partial charge in [-0.05, 0) is 49.1 Å². The molecule has 1 N–H and O–H groups in total. The van der Waals surface area contributed by atoms with E-state index in [-0.39, 0.29) is 6.61 Å². The Morgan fingerprint density at radius 3 is 2.70 bits per heavy atom. The van der Waals surface area contributed by atoms with E-state index in [4.69, 9.17) is 4.74 Å². The van der Waals surface area contributed by atoms with Gasteiger partial charge in [0.2, 0.25) is 0 Å². The first-order valence-corrected chi connectivity index (χ1v) is 10.1. The molecule has 4 nitrogen and oxygen atoms in total. The van der Waals surface area contributed by atoms with Crippen molar-refractivity contribution in [1.82, 2.24) is 9.80 Å². The van der Waals surface area contributed by atoms with Crippen LogP contribution in [0.25, 0.3) is 0 Å². The van der Waals surface area contributed by atoms with Gasteiger partial charge in [-0.3, -0.25) is 9.80 Å². The number of nitrogens with zero attached hydrogens (tertiary/aromatic N) is 2. The van der Waals surface area contributed by atoms with Crippen LogP contribution in [0.15, 0.2) is 48.5 Å². The SMILES string of the molecule is COc1ccc(CN2C[C@@H]3CCCN3C[C@H]2Cc2ccccc2)cc1CO. The third-order valence-corrected chi connectivity index (χ3v) is 6.12. The summed E-state index contributed by atoms with van der Waals surface area (Å²) in [5.74, 6) is 0.766. The first-order chi connectivity index (χ1) is 13.3. The van der Waals surface area contributed by atoms with Crippen molar-refractivity contribution in [3.8, 4) is 5.75 Å². The summed E-state index contributed by atoms with van der Waals surface area (Å²) in [5.41, 5.74) is 3.54. The number of methoxy groups -OCH3 is 1. The lowest BCUT2D eigenvalue weighted by molar-refractivity contribution is 0.0455. The van der Waals surface area contributed by atoms with Crippen molar-refractivity contribution in [3.63, 3.8) is 0 Å². The molecule has 0 radical (unpaired) electrons. The van der Waals surface area contributed by atoms with Gasteiger partial charge in [-0.15, -0.1) is 0 Å². The topological polar surface area (TPSA) is 35.9 Å². The number of piperazine rings is 1. The molecule has 0 amide bonds. The third-order valence-electron chi connectivity index (χ3n) is 6.12. The van der Waals surface area contributed by atoms with Gasteiger partial charge >= 0.3 is 0 Å². The van der Waals surface area contributed by atoms with Crippen molar-refractivity contribution >= 4 is 0 Å². The largest absolute Gasteiger partial charge is 0.496 e. The van der Waals surface area contributed by atoms with Gasteiger partial charge < -0.3 is 9.84 Å². The summed E-state index contributed by atoms with van der Waals surface area (Å²) in [6, 6.07) is 18.3. The zero-order chi connectivity index (χ0) is 18.6. The minimum Gasteiger partial charge on any atom is -0.496 e. The molecule has 4 rings (SSSR count). The molecule has 0 bridgehead atoms. The van der Waals surface area contributed by atoms with E-state index in [9.17, 15) is 5.11 Å². The molecule has 0 aromatic heterocycles. The zero-order valence-corrected chi connectivity index (χ0v) is 16.2. The minimum absolute atomic E-state index is 0.0147. The second-order valence-electron chi connectivity index (χ2n) is 7.87. The number of hydrogen-bond acceptors (Lipinski definition) is 4. The normalized spacial score (nSPS) is 23.3. The van der Waals surface area contributed by atoms with E-state index >= 15 is 0 Å². The first kappa shape index (κ1) is 18.5. The number of rotatable bonds is 6. The van der Waals surface area contributed by atoms with Crippen molar-refractivity contribution in [3.05, 3.63) is 65.2 Å². The van der Waals surface area contributed by atoms with Crippen molar-refractivity contribution in [2.24, 2.45) is 0 Å². The summed E-state index contributed by atoms with van der Waals surface area (Å²) < 4.78 is 5.36. The molecule has 4 heteroatoms. The van der Waals surface area contributed by atoms with Crippen molar-refractivity contribution in [2.45, 2.75) is 44.5 Å². The van der Waals surface area contributed by atoms with E-state index in [1.807, 2.05) is 6.07 Å². The van der Waals surface area contributed by atoms with Crippen LogP contribution in [0.2, 0.25) is 0 Å². The zero-order valence-electron chi connectivity index (χ0n) is 16.2. The van der Waals surface area contributed by atoms with Crippen LogP contribution in [-0.2, 0) is 19.6 Å². The molecule has 2 saturated heterocycles. The fraction of sp³-hybridized carbons (Fsp3) is 0.478. The Labute approximate surface area is 162 Å². The van der Waals surface area contributed by atoms with E-state index < -0.39 is 0 Å². The van der Waals surface area contributed by atoms with Crippen LogP contribution < -0.4 is 4.74 Å². The minimum atomic E-state index is 0.0147. The molecule has 2 aliphatic rings. The highest BCUT2D eigenvalue weighted by atomic mass is 16.5. The first-order valence-electron chi connectivity index (χ1n) is 10.1. The van der Waals surface area contributed by atoms with Gasteiger partial charge in [-0.25, -0.2) is 0 Å². The number of fused-ring (bicyclic) bond motifs is 1. The Balaban J connectivity index is 1.53. The second-order valence-corrected chi connectivity index (χ2v) is 7.87. The number of aliphatic hydroxyl groups is 1. The predicted molar refractivity (Wildman–Crippen MR) is 108 cm³/mol. The van der Waals surface area contributed by atoms with E-state index in [0.717, 1.165) is 37.4 Å². The second kappa shape index (κ2) is 8.42. The average molecular weight is 367 g/mol. The van der Waals surface area contributed by atoms with Crippen molar-refractivity contribution in [1.29, 1.82) is 0 Å². The highest BCUT2D eigenvalue weighted by molar-refractivity contribution is 5.37. The van der Waals surface area contributed by atoms with Gasteiger partial charge in [-0.1, -0.05) is 36.4 Å². The van der Waals surface area contributed by atoms with Gasteiger partial charge in [0.05, 0.1) is 13.7 Å². The molecule has 27 heavy (non-hydrogen) atoms. The Morgan fingerprint density at radius 2 is 1.93 bits per heavy atom. The van der Waals surface area contributed by atoms with E-state index in [1.54, 1.807) is 7.11 Å². The van der Waals surface area contributed by atoms with Gasteiger partial charge in [-0.2, -0.15) is 0 Å². The standard InChI is InChI=1S/C23H30N2O2/c1-27-23-10-9-19(12-20(23)17-26)14-25-15-21-8-5-11-24(21)16-22(25)13-18-6-3-2-4-7-18/h2-4,6-7,9-10,12,21-22,26H,5,8,11,13-17H2,1H3/t21-,22+/m0/s1. The van der Waals surface area contributed by atoms with E-state index in [1.165, 1.54) is 30.5 Å². The van der Waals surface area contributed by atoms with Gasteiger partial charge in [0.1, 0.15) is 5.75 Å². The summed E-state index contributed by atoms with van der Waals surface area (Å²) in [5, 5.41) is 9.65. The lowest BCUT2D eigenvalue weighted by atomic mass is 9.98. The Hall–Kier alpha value is -1.88. The molecule has 2 atom stereocenters. The van der Waals surface area contributed by atoms with Crippen LogP contribution in [0.5, 0.6) is 5.75 Å². The van der Waals surface area contributed by atoms with Crippen LogP contribution in [0.4, 0.5) is 0 Å². The van der Waals surface area contributed by atoms with Gasteiger partial charge in [0, 0.05) is 37.3 Å². The molecule has 144 valence electrons. The number of ether oxygens (including phenoxy) is 1. The molecule has 2 aromatic carbocycles. The molecular weight excluding hydrogens is 336 g/mol. The van der Waals surface area contributed by atoms with Crippen LogP contribution in [-0.4, -0.2) is 53.7 Å². The summed E-state index contributed by atoms with van der Waals surface area (Å²) in [6.07, 6.45) is 3.74. The molecule has 0 unspecified atom stereocenters. The molecule has 0 spiro atoms. The number of aliphatic hydroxyl groups excluding tert-OH is 1. The van der Waals surface area contributed by atoms with Crippen molar-refractivity contribution < 1.29 is 9.84 Å². The lowest BCUT2D eigenvalue weighted by Crippen LogP contribution is -2.56. The highest BCUT2D eigenvalue weighted by Crippen LogP contribution is 2.28. The quantitative estimate of drug-likeness (QED) is 0.852. The molecular formula is C23H30N2O2. The van der Waals surface area contributed by atoms with Crippen molar-refractivity contribution in [2.75, 3.05) is 26.7 Å². The summed E-state index contributed by atoms with van der Waals surface area (Å²) in [6.45, 7) is 4.49. The maximum absolute atomic E-state index is 9.65. The molecule has 0 saturated carbocycles. The van der Waals surface area contributed by atoms with Crippen LogP contribution >= 0.6 is 0 Å². The van der Waals surface area contributed by atoms with Crippen LogP contribution in [0.1, 0.15) is 29.5 Å². The Morgan fingerprint density at radius 1 is 1.07 bits per heavy atom. The maximum atomic E-state index is 9.65. The number of benzene rings is 2. The fourth-order valence-corrected chi connectivity index (χ4v) is 4.71. The van der Waals surface area contributed by atoms with E-state index in [2.05, 4.69) is 52.3 Å². The Bertz CT molecular complexity index is 749. The summed E-state index contributed by atoms with van der Waals surface area (Å²) >= 11 is 0. The summed E-state index contributed by atoms with van der Waals surface area (Å²) in [7, 11) is 1.66. The molecule has 0 aliphatic carbocycles. The van der Waals surface area contributed by atoms with Gasteiger partial charge in [0.25, 0.3) is 0 Å². The lowest BCUT2D eigenvalue weighted by Gasteiger charge is -2.44. The van der Waals surface area contributed by atoms with Crippen LogP contribution in [0.3, 0.4) is 0 Å². The Kier molecular flexibility index (Phi) is 5.77. The summed E-state index contributed by atoms with van der Waals surface area (Å²) in [4.78, 5) is 5.35. The predicted octanol–water partition coefficient (Wildman–Crippen LogP) is 3.08. The highest BCUT2D eigenvalue weighted by Gasteiger charge is 2.36. The monoisotopic (exact) mass is 366 g/mol. The molecule has 2 heterocycles. The van der Waals surface area contributed by atoms with E-state index in [0.29, 0.717) is 12.1 Å². The average Bonchev–Trinajstić information content (AvgIpc) is 3.16. The molecule has 2 aromatic rings. The number of hydrogen-bond donors (Lipinski definition) is 1. The van der Waals surface area contributed by atoms with Gasteiger partial charge in [0.15, 0.2) is 0 Å². The molecule has 2 fully saturated rings. The molecule has 2 aliphatic heterocycles. The fourth-order valence-electron chi connectivity index (χ4n) is 4.71. The third kappa shape index (κ3) is 4.18. The maximum Gasteiger partial charge on any atom is 0.124 e. The smallest absolute Gasteiger partial charge is 0.124 e.